The van der Waals surface area contributed by atoms with Gasteiger partial charge >= 0.3 is 12.0 Å². The molecule has 0 aliphatic rings. The summed E-state index contributed by atoms with van der Waals surface area (Å²) in [5, 5.41) is 6.75. The molecule has 1 atom stereocenters. The molecule has 0 heterocycles. The third-order valence-corrected chi connectivity index (χ3v) is 3.07. The number of imide groups is 1. The van der Waals surface area contributed by atoms with E-state index in [1.807, 2.05) is 5.32 Å². The zero-order valence-corrected chi connectivity index (χ0v) is 13.8. The molecule has 3 N–H and O–H groups in total. The first-order valence-electron chi connectivity index (χ1n) is 7.39. The number of rotatable bonds is 6. The molecule has 0 radical (unpaired) electrons. The highest BCUT2D eigenvalue weighted by Crippen LogP contribution is 2.07. The number of amides is 4. The van der Waals surface area contributed by atoms with Gasteiger partial charge in [0.2, 0.25) is 0 Å². The van der Waals surface area contributed by atoms with Crippen molar-refractivity contribution in [3.63, 3.8) is 0 Å². The second-order valence-corrected chi connectivity index (χ2v) is 5.30. The fraction of sp³-hybridized carbons (Fsp3) is 0.375. The normalized spacial score (nSPS) is 11.3. The number of hydrogen-bond donors (Lipinski definition) is 3. The molecule has 8 nitrogen and oxygen atoms in total. The molecule has 0 saturated heterocycles. The van der Waals surface area contributed by atoms with E-state index in [1.165, 1.54) is 7.05 Å². The SMILES string of the molecule is CNC(=O)NC(=O)COC(=O)[C@H](NC(=O)c1ccccc1)C(C)C. The van der Waals surface area contributed by atoms with E-state index in [4.69, 9.17) is 4.74 Å². The predicted octanol–water partition coefficient (Wildman–Crippen LogP) is 0.440. The molecule has 24 heavy (non-hydrogen) atoms. The van der Waals surface area contributed by atoms with Crippen LogP contribution in [0.1, 0.15) is 24.2 Å². The van der Waals surface area contributed by atoms with Crippen molar-refractivity contribution in [3.05, 3.63) is 35.9 Å². The van der Waals surface area contributed by atoms with Crippen molar-refractivity contribution in [2.24, 2.45) is 5.92 Å². The Bertz CT molecular complexity index is 601. The molecule has 4 amide bonds. The van der Waals surface area contributed by atoms with E-state index in [2.05, 4.69) is 10.6 Å². The van der Waals surface area contributed by atoms with Crippen molar-refractivity contribution in [1.29, 1.82) is 0 Å². The summed E-state index contributed by atoms with van der Waals surface area (Å²) >= 11 is 0. The summed E-state index contributed by atoms with van der Waals surface area (Å²) in [5.41, 5.74) is 0.410. The van der Waals surface area contributed by atoms with Gasteiger partial charge in [0.15, 0.2) is 6.61 Å². The second-order valence-electron chi connectivity index (χ2n) is 5.30. The molecule has 0 aliphatic heterocycles. The number of carbonyl (C=O) groups excluding carboxylic acids is 4. The lowest BCUT2D eigenvalue weighted by molar-refractivity contribution is -0.151. The Morgan fingerprint density at radius 1 is 1.08 bits per heavy atom. The monoisotopic (exact) mass is 335 g/mol. The quantitative estimate of drug-likeness (QED) is 0.653. The van der Waals surface area contributed by atoms with Crippen molar-refractivity contribution in [3.8, 4) is 0 Å². The van der Waals surface area contributed by atoms with Crippen LogP contribution in [0.15, 0.2) is 30.3 Å². The highest BCUT2D eigenvalue weighted by Gasteiger charge is 2.26. The molecule has 1 rings (SSSR count). The average Bonchev–Trinajstić information content (AvgIpc) is 2.57. The Morgan fingerprint density at radius 2 is 1.71 bits per heavy atom. The molecule has 0 spiro atoms. The van der Waals surface area contributed by atoms with E-state index in [-0.39, 0.29) is 5.92 Å². The zero-order chi connectivity index (χ0) is 18.1. The minimum Gasteiger partial charge on any atom is -0.454 e. The lowest BCUT2D eigenvalue weighted by atomic mass is 10.0. The largest absolute Gasteiger partial charge is 0.454 e. The third kappa shape index (κ3) is 6.07. The van der Waals surface area contributed by atoms with Crippen LogP contribution in [0, 0.1) is 5.92 Å². The minimum atomic E-state index is -0.912. The molecule has 0 bridgehead atoms. The smallest absolute Gasteiger partial charge is 0.329 e. The van der Waals surface area contributed by atoms with E-state index >= 15 is 0 Å². The Hall–Kier alpha value is -2.90. The lowest BCUT2D eigenvalue weighted by Crippen LogP contribution is -2.46. The Balaban J connectivity index is 2.61. The van der Waals surface area contributed by atoms with E-state index < -0.39 is 36.5 Å². The first kappa shape index (κ1) is 19.1. The highest BCUT2D eigenvalue weighted by molar-refractivity contribution is 5.98. The third-order valence-electron chi connectivity index (χ3n) is 3.07. The molecular formula is C16H21N3O5. The van der Waals surface area contributed by atoms with Crippen LogP contribution in [0.5, 0.6) is 0 Å². The van der Waals surface area contributed by atoms with Crippen molar-refractivity contribution in [1.82, 2.24) is 16.0 Å². The van der Waals surface area contributed by atoms with Gasteiger partial charge in [-0.2, -0.15) is 0 Å². The number of benzene rings is 1. The van der Waals surface area contributed by atoms with Crippen LogP contribution in [0.25, 0.3) is 0 Å². The number of esters is 1. The molecule has 0 fully saturated rings. The maximum atomic E-state index is 12.1. The summed E-state index contributed by atoms with van der Waals surface area (Å²) in [4.78, 5) is 46.6. The summed E-state index contributed by atoms with van der Waals surface area (Å²) in [7, 11) is 1.35. The second kappa shape index (κ2) is 9.29. The van der Waals surface area contributed by atoms with Crippen molar-refractivity contribution < 1.29 is 23.9 Å². The maximum Gasteiger partial charge on any atom is 0.329 e. The fourth-order valence-corrected chi connectivity index (χ4v) is 1.76. The summed E-state index contributed by atoms with van der Waals surface area (Å²) in [6.07, 6.45) is 0. The van der Waals surface area contributed by atoms with E-state index in [0.717, 1.165) is 0 Å². The van der Waals surface area contributed by atoms with Crippen LogP contribution >= 0.6 is 0 Å². The molecule has 0 unspecified atom stereocenters. The van der Waals surface area contributed by atoms with E-state index in [0.29, 0.717) is 5.56 Å². The first-order valence-corrected chi connectivity index (χ1v) is 7.39. The van der Waals surface area contributed by atoms with Gasteiger partial charge in [-0.3, -0.25) is 14.9 Å². The topological polar surface area (TPSA) is 114 Å². The van der Waals surface area contributed by atoms with Crippen LogP contribution in [0.4, 0.5) is 4.79 Å². The van der Waals surface area contributed by atoms with Crippen molar-refractivity contribution in [2.45, 2.75) is 19.9 Å². The Morgan fingerprint density at radius 3 is 2.25 bits per heavy atom. The first-order chi connectivity index (χ1) is 11.3. The minimum absolute atomic E-state index is 0.243. The fourth-order valence-electron chi connectivity index (χ4n) is 1.76. The number of ether oxygens (including phenoxy) is 1. The summed E-state index contributed by atoms with van der Waals surface area (Å²) in [6, 6.07) is 6.82. The van der Waals surface area contributed by atoms with Gasteiger partial charge in [-0.1, -0.05) is 32.0 Å². The summed E-state index contributed by atoms with van der Waals surface area (Å²) in [5.74, 6) is -2.17. The molecule has 0 saturated carbocycles. The zero-order valence-electron chi connectivity index (χ0n) is 13.8. The van der Waals surface area contributed by atoms with Gasteiger partial charge in [0.1, 0.15) is 6.04 Å². The number of carbonyl (C=O) groups is 4. The standard InChI is InChI=1S/C16H21N3O5/c1-10(2)13(19-14(21)11-7-5-4-6-8-11)15(22)24-9-12(20)18-16(23)17-3/h4-8,10,13H,9H2,1-3H3,(H,19,21)(H2,17,18,20,23)/t13-/m1/s1. The molecule has 8 heteroatoms. The van der Waals surface area contributed by atoms with E-state index in [9.17, 15) is 19.2 Å². The van der Waals surface area contributed by atoms with Gasteiger partial charge in [0.05, 0.1) is 0 Å². The van der Waals surface area contributed by atoms with Gasteiger partial charge in [0, 0.05) is 12.6 Å². The molecule has 0 aromatic heterocycles. The predicted molar refractivity (Wildman–Crippen MR) is 86.1 cm³/mol. The van der Waals surface area contributed by atoms with Crippen molar-refractivity contribution in [2.75, 3.05) is 13.7 Å². The van der Waals surface area contributed by atoms with Crippen LogP contribution in [-0.4, -0.2) is 43.5 Å². The van der Waals surface area contributed by atoms with Crippen LogP contribution in [-0.2, 0) is 14.3 Å². The number of nitrogens with one attached hydrogen (secondary N) is 3. The van der Waals surface area contributed by atoms with Gasteiger partial charge in [0.25, 0.3) is 11.8 Å². The van der Waals surface area contributed by atoms with E-state index in [1.54, 1.807) is 44.2 Å². The number of urea groups is 1. The summed E-state index contributed by atoms with van der Waals surface area (Å²) in [6.45, 7) is 2.86. The van der Waals surface area contributed by atoms with Crippen LogP contribution in [0.2, 0.25) is 0 Å². The Kier molecular flexibility index (Phi) is 7.41. The van der Waals surface area contributed by atoms with Crippen LogP contribution < -0.4 is 16.0 Å². The van der Waals surface area contributed by atoms with Gasteiger partial charge in [-0.05, 0) is 18.1 Å². The summed E-state index contributed by atoms with van der Waals surface area (Å²) < 4.78 is 4.86. The lowest BCUT2D eigenvalue weighted by Gasteiger charge is -2.20. The maximum absolute atomic E-state index is 12.1. The average molecular weight is 335 g/mol. The molecule has 0 aliphatic carbocycles. The molecule has 130 valence electrons. The van der Waals surface area contributed by atoms with Gasteiger partial charge < -0.3 is 15.4 Å². The van der Waals surface area contributed by atoms with Gasteiger partial charge in [-0.25, -0.2) is 9.59 Å². The van der Waals surface area contributed by atoms with Crippen LogP contribution in [0.3, 0.4) is 0 Å². The molecule has 1 aromatic rings. The van der Waals surface area contributed by atoms with Crippen molar-refractivity contribution >= 4 is 23.8 Å². The highest BCUT2D eigenvalue weighted by atomic mass is 16.5. The number of hydrogen-bond acceptors (Lipinski definition) is 5. The molecular weight excluding hydrogens is 314 g/mol. The Labute approximate surface area is 139 Å². The van der Waals surface area contributed by atoms with Gasteiger partial charge in [-0.15, -0.1) is 0 Å². The molecule has 1 aromatic carbocycles.